The van der Waals surface area contributed by atoms with Crippen molar-refractivity contribution in [3.63, 3.8) is 0 Å². The van der Waals surface area contributed by atoms with Crippen LogP contribution in [0.5, 0.6) is 0 Å². The van der Waals surface area contributed by atoms with E-state index < -0.39 is 5.95 Å². The van der Waals surface area contributed by atoms with Gasteiger partial charge in [-0.2, -0.15) is 4.39 Å². The molecular formula is C14H19FN2OS. The quantitative estimate of drug-likeness (QED) is 0.908. The maximum Gasteiger partial charge on any atom is 0.248 e. The molecule has 3 nitrogen and oxygen atoms in total. The number of nitrogens with zero attached hydrogens (tertiary/aromatic N) is 1. The molecular weight excluding hydrogens is 263 g/mol. The number of carbonyl (C=O) groups excluding carboxylic acids is 1. The molecule has 2 aliphatic carbocycles. The van der Waals surface area contributed by atoms with Gasteiger partial charge in [0.1, 0.15) is 5.01 Å². The molecule has 1 aromatic rings. The van der Waals surface area contributed by atoms with Gasteiger partial charge in [0.05, 0.1) is 0 Å². The lowest BCUT2D eigenvalue weighted by Crippen LogP contribution is -2.27. The first kappa shape index (κ1) is 13.0. The Hall–Kier alpha value is -0.970. The number of thiazole rings is 1. The van der Waals surface area contributed by atoms with Crippen molar-refractivity contribution in [1.82, 2.24) is 4.98 Å². The van der Waals surface area contributed by atoms with E-state index >= 15 is 0 Å². The molecule has 5 heteroatoms. The van der Waals surface area contributed by atoms with Crippen LogP contribution in [0.4, 0.5) is 9.39 Å². The number of halogens is 1. The number of aromatic nitrogens is 1. The predicted molar refractivity (Wildman–Crippen MR) is 73.9 cm³/mol. The average molecular weight is 282 g/mol. The molecule has 19 heavy (non-hydrogen) atoms. The van der Waals surface area contributed by atoms with E-state index in [-0.39, 0.29) is 11.8 Å². The van der Waals surface area contributed by atoms with Crippen molar-refractivity contribution in [1.29, 1.82) is 0 Å². The summed E-state index contributed by atoms with van der Waals surface area (Å²) >= 11 is 1.33. The van der Waals surface area contributed by atoms with Crippen LogP contribution in [0.1, 0.15) is 62.3 Å². The Balaban J connectivity index is 1.67. The lowest BCUT2D eigenvalue weighted by atomic mass is 9.85. The molecule has 1 N–H and O–H groups in total. The smallest absolute Gasteiger partial charge is 0.248 e. The molecule has 104 valence electrons. The lowest BCUT2D eigenvalue weighted by molar-refractivity contribution is -0.122. The third-order valence-electron chi connectivity index (χ3n) is 4.27. The molecule has 0 radical (unpaired) electrons. The Morgan fingerprint density at radius 1 is 1.16 bits per heavy atom. The third-order valence-corrected chi connectivity index (χ3v) is 5.38. The molecule has 0 aliphatic heterocycles. The van der Waals surface area contributed by atoms with Crippen LogP contribution in [0.25, 0.3) is 0 Å². The monoisotopic (exact) mass is 282 g/mol. The number of carbonyl (C=O) groups is 1. The summed E-state index contributed by atoms with van der Waals surface area (Å²) in [5.41, 5.74) is 0. The number of nitrogens with one attached hydrogen (secondary N) is 1. The van der Waals surface area contributed by atoms with Crippen LogP contribution in [-0.2, 0) is 4.79 Å². The van der Waals surface area contributed by atoms with Crippen LogP contribution in [0.15, 0.2) is 0 Å². The van der Waals surface area contributed by atoms with Gasteiger partial charge in [0, 0.05) is 11.8 Å². The molecule has 0 unspecified atom stereocenters. The van der Waals surface area contributed by atoms with Crippen molar-refractivity contribution in [3.05, 3.63) is 11.0 Å². The van der Waals surface area contributed by atoms with Gasteiger partial charge in [-0.1, -0.05) is 37.0 Å². The predicted octanol–water partition coefficient (Wildman–Crippen LogP) is 4.07. The summed E-state index contributed by atoms with van der Waals surface area (Å²) in [6, 6.07) is 0. The zero-order valence-electron chi connectivity index (χ0n) is 11.0. The van der Waals surface area contributed by atoms with Crippen molar-refractivity contribution < 1.29 is 9.18 Å². The minimum absolute atomic E-state index is 0.0380. The van der Waals surface area contributed by atoms with Crippen molar-refractivity contribution in [3.8, 4) is 0 Å². The minimum atomic E-state index is -0.502. The Morgan fingerprint density at radius 3 is 2.53 bits per heavy atom. The summed E-state index contributed by atoms with van der Waals surface area (Å²) in [6.45, 7) is 0. The van der Waals surface area contributed by atoms with E-state index in [1.54, 1.807) is 0 Å². The lowest BCUT2D eigenvalue weighted by Gasteiger charge is -2.23. The number of hydrogen-bond donors (Lipinski definition) is 1. The largest absolute Gasteiger partial charge is 0.314 e. The van der Waals surface area contributed by atoms with Gasteiger partial charge >= 0.3 is 0 Å². The first-order valence-electron chi connectivity index (χ1n) is 7.21. The molecule has 3 rings (SSSR count). The maximum absolute atomic E-state index is 13.8. The first-order chi connectivity index (χ1) is 9.24. The molecule has 0 spiro atoms. The Labute approximate surface area is 116 Å². The number of amides is 1. The molecule has 1 aromatic heterocycles. The summed E-state index contributed by atoms with van der Waals surface area (Å²) < 4.78 is 13.8. The van der Waals surface area contributed by atoms with E-state index in [9.17, 15) is 9.18 Å². The van der Waals surface area contributed by atoms with E-state index in [0.717, 1.165) is 37.1 Å². The van der Waals surface area contributed by atoms with Gasteiger partial charge in [-0.05, 0) is 25.7 Å². The zero-order valence-corrected chi connectivity index (χ0v) is 11.8. The molecule has 0 atom stereocenters. The van der Waals surface area contributed by atoms with E-state index in [4.69, 9.17) is 0 Å². The van der Waals surface area contributed by atoms with Gasteiger partial charge in [-0.3, -0.25) is 4.79 Å². The molecule has 0 aromatic carbocycles. The standard InChI is InChI=1S/C14H19FN2OS/c15-11-14(17-12(18)9-7-4-8-9)19-13(16-11)10-5-2-1-3-6-10/h9-10H,1-8H2,(H,17,18). The highest BCUT2D eigenvalue weighted by Gasteiger charge is 2.27. The molecule has 2 saturated carbocycles. The fraction of sp³-hybridized carbons (Fsp3) is 0.714. The number of hydrogen-bond acceptors (Lipinski definition) is 3. The van der Waals surface area contributed by atoms with Crippen LogP contribution < -0.4 is 5.32 Å². The Morgan fingerprint density at radius 2 is 1.89 bits per heavy atom. The molecule has 0 saturated heterocycles. The van der Waals surface area contributed by atoms with Gasteiger partial charge in [0.15, 0.2) is 5.00 Å². The van der Waals surface area contributed by atoms with Gasteiger partial charge in [0.25, 0.3) is 0 Å². The molecule has 2 aliphatic rings. The first-order valence-corrected chi connectivity index (χ1v) is 8.03. The average Bonchev–Trinajstić information content (AvgIpc) is 2.70. The van der Waals surface area contributed by atoms with E-state index in [1.165, 1.54) is 30.6 Å². The second-order valence-corrected chi connectivity index (χ2v) is 6.65. The van der Waals surface area contributed by atoms with Gasteiger partial charge < -0.3 is 5.32 Å². The van der Waals surface area contributed by atoms with E-state index in [1.807, 2.05) is 0 Å². The Kier molecular flexibility index (Phi) is 3.82. The topological polar surface area (TPSA) is 42.0 Å². The minimum Gasteiger partial charge on any atom is -0.314 e. The maximum atomic E-state index is 13.8. The van der Waals surface area contributed by atoms with Gasteiger partial charge in [0.2, 0.25) is 11.9 Å². The van der Waals surface area contributed by atoms with E-state index in [2.05, 4.69) is 10.3 Å². The summed E-state index contributed by atoms with van der Waals surface area (Å²) in [4.78, 5) is 15.9. The molecule has 2 fully saturated rings. The second-order valence-electron chi connectivity index (χ2n) is 5.62. The SMILES string of the molecule is O=C(Nc1sc(C2CCCCC2)nc1F)C1CCC1. The third kappa shape index (κ3) is 2.81. The Bertz CT molecular complexity index is 464. The summed E-state index contributed by atoms with van der Waals surface area (Å²) in [5, 5.41) is 3.89. The van der Waals surface area contributed by atoms with E-state index in [0.29, 0.717) is 10.9 Å². The van der Waals surface area contributed by atoms with Crippen molar-refractivity contribution >= 4 is 22.2 Å². The summed E-state index contributed by atoms with van der Waals surface area (Å²) in [5.74, 6) is -0.0653. The highest BCUT2D eigenvalue weighted by Crippen LogP contribution is 2.38. The van der Waals surface area contributed by atoms with Crippen LogP contribution >= 0.6 is 11.3 Å². The number of anilines is 1. The zero-order chi connectivity index (χ0) is 13.2. The highest BCUT2D eigenvalue weighted by atomic mass is 32.1. The van der Waals surface area contributed by atoms with Crippen LogP contribution in [0.3, 0.4) is 0 Å². The second kappa shape index (κ2) is 5.57. The molecule has 0 bridgehead atoms. The molecule has 1 heterocycles. The van der Waals surface area contributed by atoms with Crippen LogP contribution in [0.2, 0.25) is 0 Å². The molecule has 1 amide bonds. The van der Waals surface area contributed by atoms with Gasteiger partial charge in [-0.25, -0.2) is 4.98 Å². The van der Waals surface area contributed by atoms with Crippen molar-refractivity contribution in [2.45, 2.75) is 57.3 Å². The highest BCUT2D eigenvalue weighted by molar-refractivity contribution is 7.16. The normalized spacial score (nSPS) is 21.1. The van der Waals surface area contributed by atoms with Crippen molar-refractivity contribution in [2.24, 2.45) is 5.92 Å². The summed E-state index contributed by atoms with van der Waals surface area (Å²) in [6.07, 6.45) is 8.85. The fourth-order valence-electron chi connectivity index (χ4n) is 2.80. The fourth-order valence-corrected chi connectivity index (χ4v) is 3.82. The number of rotatable bonds is 3. The van der Waals surface area contributed by atoms with Crippen LogP contribution in [0, 0.1) is 11.9 Å². The van der Waals surface area contributed by atoms with Gasteiger partial charge in [-0.15, -0.1) is 0 Å². The van der Waals surface area contributed by atoms with Crippen molar-refractivity contribution in [2.75, 3.05) is 5.32 Å². The summed E-state index contributed by atoms with van der Waals surface area (Å²) in [7, 11) is 0. The van der Waals surface area contributed by atoms with Crippen LogP contribution in [-0.4, -0.2) is 10.9 Å².